The molecule has 1 unspecified atom stereocenters. The van der Waals surface area contributed by atoms with Crippen molar-refractivity contribution < 1.29 is 14.6 Å². The van der Waals surface area contributed by atoms with Gasteiger partial charge in [0.1, 0.15) is 0 Å². The van der Waals surface area contributed by atoms with Crippen LogP contribution in [0.4, 0.5) is 0 Å². The van der Waals surface area contributed by atoms with Gasteiger partial charge in [0.05, 0.1) is 6.61 Å². The van der Waals surface area contributed by atoms with E-state index in [0.717, 1.165) is 44.9 Å². The first-order valence-corrected chi connectivity index (χ1v) is 8.64. The number of unbranched alkanes of at least 4 members (excludes halogenated alkanes) is 2. The number of carbonyl (C=O) groups excluding carboxylic acids is 1. The Bertz CT molecular complexity index is 451. The first-order valence-electron chi connectivity index (χ1n) is 8.64. The Hall–Kier alpha value is -1.35. The molecule has 1 N–H and O–H groups in total. The monoisotopic (exact) mass is 304 g/mol. The van der Waals surface area contributed by atoms with Crippen molar-refractivity contribution in [1.82, 2.24) is 0 Å². The standard InChI is InChI=1S/C19H28O3/c1-2-3-10-15-22-18(20)19(21,16-11-6-4-7-12-16)17-13-8-5-9-14-17/h4,6-7,11-12,17,21H,2-3,5,8-10,13-15H2,1H3. The number of esters is 1. The lowest BCUT2D eigenvalue weighted by molar-refractivity contribution is -0.175. The van der Waals surface area contributed by atoms with Crippen LogP contribution in [0.1, 0.15) is 63.9 Å². The molecule has 1 saturated carbocycles. The topological polar surface area (TPSA) is 46.5 Å². The summed E-state index contributed by atoms with van der Waals surface area (Å²) in [4.78, 5) is 12.7. The van der Waals surface area contributed by atoms with E-state index in [4.69, 9.17) is 4.74 Å². The van der Waals surface area contributed by atoms with Crippen LogP contribution in [-0.2, 0) is 15.1 Å². The molecule has 1 aliphatic carbocycles. The van der Waals surface area contributed by atoms with Crippen molar-refractivity contribution in [3.63, 3.8) is 0 Å². The van der Waals surface area contributed by atoms with Crippen molar-refractivity contribution in [2.45, 2.75) is 63.9 Å². The summed E-state index contributed by atoms with van der Waals surface area (Å²) in [5, 5.41) is 11.3. The number of aliphatic hydroxyl groups is 1. The average molecular weight is 304 g/mol. The van der Waals surface area contributed by atoms with Crippen LogP contribution >= 0.6 is 0 Å². The molecule has 1 aliphatic rings. The fraction of sp³-hybridized carbons (Fsp3) is 0.632. The van der Waals surface area contributed by atoms with Gasteiger partial charge in [-0.2, -0.15) is 0 Å². The predicted molar refractivity (Wildman–Crippen MR) is 87.4 cm³/mol. The third kappa shape index (κ3) is 3.89. The molecule has 0 aromatic heterocycles. The molecule has 3 nitrogen and oxygen atoms in total. The van der Waals surface area contributed by atoms with E-state index in [9.17, 15) is 9.90 Å². The highest BCUT2D eigenvalue weighted by atomic mass is 16.5. The van der Waals surface area contributed by atoms with Gasteiger partial charge < -0.3 is 9.84 Å². The summed E-state index contributed by atoms with van der Waals surface area (Å²) in [5.41, 5.74) is -0.823. The Kier molecular flexibility index (Phi) is 6.44. The van der Waals surface area contributed by atoms with Crippen molar-refractivity contribution >= 4 is 5.97 Å². The first kappa shape index (κ1) is 17.0. The molecule has 0 heterocycles. The minimum atomic E-state index is -1.49. The Labute approximate surface area is 133 Å². The molecule has 0 amide bonds. The van der Waals surface area contributed by atoms with Crippen LogP contribution in [0.25, 0.3) is 0 Å². The van der Waals surface area contributed by atoms with Gasteiger partial charge in [-0.15, -0.1) is 0 Å². The minimum Gasteiger partial charge on any atom is -0.463 e. The van der Waals surface area contributed by atoms with Gasteiger partial charge in [0.2, 0.25) is 0 Å². The summed E-state index contributed by atoms with van der Waals surface area (Å²) in [7, 11) is 0. The SMILES string of the molecule is CCCCCOC(=O)C(O)(c1ccccc1)C1CCCCC1. The number of rotatable bonds is 7. The van der Waals surface area contributed by atoms with Gasteiger partial charge in [-0.1, -0.05) is 69.4 Å². The van der Waals surface area contributed by atoms with Crippen LogP contribution in [0.15, 0.2) is 30.3 Å². The molecule has 0 saturated heterocycles. The fourth-order valence-corrected chi connectivity index (χ4v) is 3.36. The number of carbonyl (C=O) groups is 1. The summed E-state index contributed by atoms with van der Waals surface area (Å²) in [6.07, 6.45) is 8.09. The Balaban J connectivity index is 2.15. The molecule has 22 heavy (non-hydrogen) atoms. The zero-order chi connectivity index (χ0) is 15.8. The van der Waals surface area contributed by atoms with E-state index in [1.165, 1.54) is 6.42 Å². The van der Waals surface area contributed by atoms with Gasteiger partial charge in [-0.25, -0.2) is 4.79 Å². The van der Waals surface area contributed by atoms with Crippen molar-refractivity contribution in [2.75, 3.05) is 6.61 Å². The number of ether oxygens (including phenoxy) is 1. The fourth-order valence-electron chi connectivity index (χ4n) is 3.36. The molecule has 122 valence electrons. The summed E-state index contributed by atoms with van der Waals surface area (Å²) in [5.74, 6) is -0.510. The highest BCUT2D eigenvalue weighted by Crippen LogP contribution is 2.40. The highest BCUT2D eigenvalue weighted by Gasteiger charge is 2.46. The lowest BCUT2D eigenvalue weighted by Gasteiger charge is -2.36. The van der Waals surface area contributed by atoms with Crippen LogP contribution in [0, 0.1) is 5.92 Å². The smallest absolute Gasteiger partial charge is 0.343 e. The molecule has 0 aliphatic heterocycles. The second-order valence-corrected chi connectivity index (χ2v) is 6.31. The lowest BCUT2D eigenvalue weighted by atomic mass is 9.73. The maximum absolute atomic E-state index is 12.7. The summed E-state index contributed by atoms with van der Waals surface area (Å²) in [6, 6.07) is 9.31. The molecule has 1 aromatic carbocycles. The summed E-state index contributed by atoms with van der Waals surface area (Å²) >= 11 is 0. The maximum atomic E-state index is 12.7. The normalized spacial score (nSPS) is 18.6. The van der Waals surface area contributed by atoms with Gasteiger partial charge >= 0.3 is 5.97 Å². The molecule has 1 fully saturated rings. The number of hydrogen-bond donors (Lipinski definition) is 1. The molecule has 0 bridgehead atoms. The second kappa shape index (κ2) is 8.33. The Morgan fingerprint density at radius 2 is 1.86 bits per heavy atom. The van der Waals surface area contributed by atoms with Crippen LogP contribution in [-0.4, -0.2) is 17.7 Å². The van der Waals surface area contributed by atoms with Crippen molar-refractivity contribution in [3.05, 3.63) is 35.9 Å². The molecule has 0 spiro atoms. The van der Waals surface area contributed by atoms with Gasteiger partial charge in [0, 0.05) is 5.92 Å². The average Bonchev–Trinajstić information content (AvgIpc) is 2.59. The molecular weight excluding hydrogens is 276 g/mol. The molecular formula is C19H28O3. The van der Waals surface area contributed by atoms with Crippen molar-refractivity contribution in [3.8, 4) is 0 Å². The van der Waals surface area contributed by atoms with Gasteiger partial charge in [0.15, 0.2) is 5.60 Å². The largest absolute Gasteiger partial charge is 0.463 e. The zero-order valence-corrected chi connectivity index (χ0v) is 13.6. The molecule has 3 heteroatoms. The lowest BCUT2D eigenvalue weighted by Crippen LogP contribution is -2.45. The van der Waals surface area contributed by atoms with Gasteiger partial charge in [-0.3, -0.25) is 0 Å². The second-order valence-electron chi connectivity index (χ2n) is 6.31. The highest BCUT2D eigenvalue weighted by molar-refractivity contribution is 5.81. The molecule has 2 rings (SSSR count). The van der Waals surface area contributed by atoms with Gasteiger partial charge in [-0.05, 0) is 24.8 Å². The third-order valence-corrected chi connectivity index (χ3v) is 4.70. The Morgan fingerprint density at radius 1 is 1.18 bits per heavy atom. The zero-order valence-electron chi connectivity index (χ0n) is 13.6. The number of hydrogen-bond acceptors (Lipinski definition) is 3. The first-order chi connectivity index (χ1) is 10.7. The Morgan fingerprint density at radius 3 is 2.50 bits per heavy atom. The number of benzene rings is 1. The van der Waals surface area contributed by atoms with E-state index in [1.807, 2.05) is 30.3 Å². The third-order valence-electron chi connectivity index (χ3n) is 4.70. The van der Waals surface area contributed by atoms with Crippen molar-refractivity contribution in [1.29, 1.82) is 0 Å². The van der Waals surface area contributed by atoms with Crippen LogP contribution in [0.5, 0.6) is 0 Å². The molecule has 0 radical (unpaired) electrons. The summed E-state index contributed by atoms with van der Waals surface area (Å²) in [6.45, 7) is 2.51. The van der Waals surface area contributed by atoms with E-state index in [0.29, 0.717) is 12.2 Å². The minimum absolute atomic E-state index is 0.0395. The van der Waals surface area contributed by atoms with E-state index < -0.39 is 11.6 Å². The molecule has 1 atom stereocenters. The van der Waals surface area contributed by atoms with Crippen LogP contribution < -0.4 is 0 Å². The van der Waals surface area contributed by atoms with E-state index in [1.54, 1.807) is 0 Å². The van der Waals surface area contributed by atoms with Gasteiger partial charge in [0.25, 0.3) is 0 Å². The maximum Gasteiger partial charge on any atom is 0.343 e. The predicted octanol–water partition coefficient (Wildman–Crippen LogP) is 4.19. The quantitative estimate of drug-likeness (QED) is 0.607. The van der Waals surface area contributed by atoms with Crippen molar-refractivity contribution in [2.24, 2.45) is 5.92 Å². The van der Waals surface area contributed by atoms with E-state index in [2.05, 4.69) is 6.92 Å². The molecule has 1 aromatic rings. The van der Waals surface area contributed by atoms with Crippen LogP contribution in [0.2, 0.25) is 0 Å². The van der Waals surface area contributed by atoms with E-state index in [-0.39, 0.29) is 5.92 Å². The van der Waals surface area contributed by atoms with E-state index >= 15 is 0 Å². The summed E-state index contributed by atoms with van der Waals surface area (Å²) < 4.78 is 5.43. The van der Waals surface area contributed by atoms with Crippen LogP contribution in [0.3, 0.4) is 0 Å².